The number of carbonyl (C=O) groups is 1. The van der Waals surface area contributed by atoms with Crippen molar-refractivity contribution in [1.82, 2.24) is 19.6 Å². The van der Waals surface area contributed by atoms with E-state index in [-0.39, 0.29) is 5.91 Å². The number of piperazine rings is 1. The molecule has 8 heteroatoms. The smallest absolute Gasteiger partial charge is 0.250 e. The predicted molar refractivity (Wildman–Crippen MR) is 105 cm³/mol. The Bertz CT molecular complexity index is 777. The number of carbonyl (C=O) groups excluding carboxylic acids is 1. The maximum absolute atomic E-state index is 13.0. The summed E-state index contributed by atoms with van der Waals surface area (Å²) < 4.78 is 1.62. The Kier molecular flexibility index (Phi) is 5.82. The monoisotopic (exact) mass is 414 g/mol. The molecule has 0 aliphatic carbocycles. The topological polar surface area (TPSA) is 41.4 Å². The first-order valence-corrected chi connectivity index (χ1v) is 9.57. The summed E-state index contributed by atoms with van der Waals surface area (Å²) in [5, 5.41) is 6.06. The quantitative estimate of drug-likeness (QED) is 0.760. The molecule has 1 aliphatic heterocycles. The second kappa shape index (κ2) is 7.77. The van der Waals surface area contributed by atoms with Crippen LogP contribution in [0.4, 0.5) is 0 Å². The van der Waals surface area contributed by atoms with Crippen LogP contribution < -0.4 is 0 Å². The Morgan fingerprint density at radius 3 is 2.27 bits per heavy atom. The van der Waals surface area contributed by atoms with E-state index in [1.165, 1.54) is 0 Å². The van der Waals surface area contributed by atoms with E-state index < -0.39 is 5.54 Å². The van der Waals surface area contributed by atoms with Crippen LogP contribution in [0.5, 0.6) is 0 Å². The highest BCUT2D eigenvalue weighted by Crippen LogP contribution is 2.26. The highest BCUT2D eigenvalue weighted by Gasteiger charge is 2.36. The molecule has 5 nitrogen and oxygen atoms in total. The molecule has 0 radical (unpaired) electrons. The van der Waals surface area contributed by atoms with Crippen molar-refractivity contribution in [1.29, 1.82) is 0 Å². The van der Waals surface area contributed by atoms with E-state index in [0.717, 1.165) is 18.7 Å². The first-order chi connectivity index (χ1) is 12.3. The number of nitrogens with zero attached hydrogens (tertiary/aromatic N) is 4. The van der Waals surface area contributed by atoms with Gasteiger partial charge < -0.3 is 4.90 Å². The van der Waals surface area contributed by atoms with Crippen LogP contribution >= 0.6 is 34.8 Å². The van der Waals surface area contributed by atoms with Crippen molar-refractivity contribution in [3.05, 3.63) is 51.2 Å². The van der Waals surface area contributed by atoms with Gasteiger partial charge in [0.05, 0.1) is 11.2 Å². The molecular formula is C18H21Cl3N4O. The third-order valence-corrected chi connectivity index (χ3v) is 5.65. The Labute approximate surface area is 168 Å². The van der Waals surface area contributed by atoms with Gasteiger partial charge in [0.2, 0.25) is 5.91 Å². The molecule has 1 aromatic carbocycles. The van der Waals surface area contributed by atoms with Crippen LogP contribution in [0.15, 0.2) is 30.6 Å². The molecule has 0 spiro atoms. The molecule has 0 bridgehead atoms. The van der Waals surface area contributed by atoms with E-state index in [1.54, 1.807) is 17.1 Å². The summed E-state index contributed by atoms with van der Waals surface area (Å²) >= 11 is 18.5. The fraction of sp³-hybridized carbons (Fsp3) is 0.444. The third-order valence-electron chi connectivity index (χ3n) is 4.75. The van der Waals surface area contributed by atoms with Gasteiger partial charge in [-0.1, -0.05) is 40.9 Å². The summed E-state index contributed by atoms with van der Waals surface area (Å²) in [6, 6.07) is 5.54. The van der Waals surface area contributed by atoms with Crippen LogP contribution in [0.2, 0.25) is 15.1 Å². The van der Waals surface area contributed by atoms with Crippen molar-refractivity contribution in [2.45, 2.75) is 25.9 Å². The Morgan fingerprint density at radius 1 is 1.12 bits per heavy atom. The van der Waals surface area contributed by atoms with Crippen LogP contribution in [0.1, 0.15) is 19.4 Å². The van der Waals surface area contributed by atoms with Gasteiger partial charge >= 0.3 is 0 Å². The van der Waals surface area contributed by atoms with Crippen molar-refractivity contribution >= 4 is 40.7 Å². The van der Waals surface area contributed by atoms with Gasteiger partial charge in [0.1, 0.15) is 5.54 Å². The Balaban J connectivity index is 1.62. The molecular weight excluding hydrogens is 395 g/mol. The zero-order valence-electron chi connectivity index (χ0n) is 14.8. The molecule has 2 aromatic rings. The number of hydrogen-bond acceptors (Lipinski definition) is 3. The fourth-order valence-corrected chi connectivity index (χ4v) is 3.76. The number of rotatable bonds is 4. The first-order valence-electron chi connectivity index (χ1n) is 8.44. The lowest BCUT2D eigenvalue weighted by Crippen LogP contribution is -2.54. The van der Waals surface area contributed by atoms with Gasteiger partial charge in [-0.15, -0.1) is 0 Å². The van der Waals surface area contributed by atoms with Gasteiger partial charge in [-0.25, -0.2) is 0 Å². The van der Waals surface area contributed by atoms with Crippen molar-refractivity contribution in [2.75, 3.05) is 26.2 Å². The Morgan fingerprint density at radius 2 is 1.73 bits per heavy atom. The lowest BCUT2D eigenvalue weighted by atomic mass is 10.0. The zero-order valence-corrected chi connectivity index (χ0v) is 17.0. The number of aromatic nitrogens is 2. The van der Waals surface area contributed by atoms with Gasteiger partial charge in [-0.2, -0.15) is 5.10 Å². The van der Waals surface area contributed by atoms with Crippen LogP contribution in [-0.2, 0) is 16.9 Å². The van der Waals surface area contributed by atoms with E-state index >= 15 is 0 Å². The predicted octanol–water partition coefficient (Wildman–Crippen LogP) is 3.92. The average Bonchev–Trinajstić information content (AvgIpc) is 3.05. The number of hydrogen-bond donors (Lipinski definition) is 0. The van der Waals surface area contributed by atoms with E-state index in [1.807, 2.05) is 36.9 Å². The second-order valence-corrected chi connectivity index (χ2v) is 8.18. The van der Waals surface area contributed by atoms with E-state index in [9.17, 15) is 4.79 Å². The van der Waals surface area contributed by atoms with Gasteiger partial charge in [0.25, 0.3) is 0 Å². The van der Waals surface area contributed by atoms with Crippen molar-refractivity contribution in [3.8, 4) is 0 Å². The molecule has 0 saturated carbocycles. The number of halogens is 3. The molecule has 1 saturated heterocycles. The molecule has 140 valence electrons. The van der Waals surface area contributed by atoms with Gasteiger partial charge in [0.15, 0.2) is 0 Å². The molecule has 2 heterocycles. The minimum Gasteiger partial charge on any atom is -0.338 e. The summed E-state index contributed by atoms with van der Waals surface area (Å²) in [7, 11) is 0. The normalized spacial score (nSPS) is 16.1. The maximum Gasteiger partial charge on any atom is 0.250 e. The molecule has 1 aliphatic rings. The van der Waals surface area contributed by atoms with E-state index in [2.05, 4.69) is 10.00 Å². The molecule has 3 rings (SSSR count). The first kappa shape index (κ1) is 19.5. The zero-order chi connectivity index (χ0) is 18.9. The number of amides is 1. The van der Waals surface area contributed by atoms with Crippen molar-refractivity contribution in [3.63, 3.8) is 0 Å². The molecule has 0 unspecified atom stereocenters. The average molecular weight is 416 g/mol. The van der Waals surface area contributed by atoms with Crippen LogP contribution in [-0.4, -0.2) is 51.7 Å². The van der Waals surface area contributed by atoms with Crippen molar-refractivity contribution in [2.24, 2.45) is 0 Å². The molecule has 26 heavy (non-hydrogen) atoms. The summed E-state index contributed by atoms with van der Waals surface area (Å²) in [6.07, 6.45) is 3.22. The van der Waals surface area contributed by atoms with Crippen LogP contribution in [0.3, 0.4) is 0 Å². The molecule has 0 atom stereocenters. The lowest BCUT2D eigenvalue weighted by Gasteiger charge is -2.38. The van der Waals surface area contributed by atoms with Crippen LogP contribution in [0, 0.1) is 0 Å². The molecule has 1 amide bonds. The van der Waals surface area contributed by atoms with Crippen LogP contribution in [0.25, 0.3) is 0 Å². The lowest BCUT2D eigenvalue weighted by molar-refractivity contribution is -0.141. The largest absolute Gasteiger partial charge is 0.338 e. The summed E-state index contributed by atoms with van der Waals surface area (Å²) in [5.74, 6) is 0.0349. The molecule has 1 fully saturated rings. The maximum atomic E-state index is 13.0. The second-order valence-electron chi connectivity index (χ2n) is 6.93. The fourth-order valence-electron chi connectivity index (χ4n) is 3.11. The third kappa shape index (κ3) is 4.01. The molecule has 1 aromatic heterocycles. The highest BCUT2D eigenvalue weighted by molar-refractivity contribution is 6.36. The Hall–Kier alpha value is -1.27. The molecule has 0 N–H and O–H groups in total. The summed E-state index contributed by atoms with van der Waals surface area (Å²) in [4.78, 5) is 17.1. The standard InChI is InChI=1S/C18H21Cl3N4O/c1-18(2,25-11-13(19)10-22-25)17(26)24-8-6-23(7-9-24)12-14-15(20)4-3-5-16(14)21/h3-5,10-11H,6-9,12H2,1-2H3. The van der Waals surface area contributed by atoms with Crippen molar-refractivity contribution < 1.29 is 4.79 Å². The minimum atomic E-state index is -0.776. The van der Waals surface area contributed by atoms with E-state index in [0.29, 0.717) is 34.7 Å². The van der Waals surface area contributed by atoms with E-state index in [4.69, 9.17) is 34.8 Å². The minimum absolute atomic E-state index is 0.0349. The SMILES string of the molecule is CC(C)(C(=O)N1CCN(Cc2c(Cl)cccc2Cl)CC1)n1cc(Cl)cn1. The highest BCUT2D eigenvalue weighted by atomic mass is 35.5. The van der Waals surface area contributed by atoms with Gasteiger partial charge in [-0.05, 0) is 26.0 Å². The summed E-state index contributed by atoms with van der Waals surface area (Å²) in [6.45, 7) is 7.23. The summed E-state index contributed by atoms with van der Waals surface area (Å²) in [5.41, 5.74) is 0.156. The van der Waals surface area contributed by atoms with Gasteiger partial charge in [-0.3, -0.25) is 14.4 Å². The van der Waals surface area contributed by atoms with Gasteiger partial charge in [0, 0.05) is 54.5 Å². The number of benzene rings is 1.